The van der Waals surface area contributed by atoms with Gasteiger partial charge in [-0.1, -0.05) is 36.7 Å². The molecule has 0 unspecified atom stereocenters. The predicted octanol–water partition coefficient (Wildman–Crippen LogP) is 4.62. The summed E-state index contributed by atoms with van der Waals surface area (Å²) in [6.07, 6.45) is 6.16. The molecule has 1 aromatic carbocycles. The molecular formula is C17H19ClN4OS. The summed E-state index contributed by atoms with van der Waals surface area (Å²) in [5.41, 5.74) is 2.06. The van der Waals surface area contributed by atoms with E-state index in [1.165, 1.54) is 18.2 Å². The molecule has 24 heavy (non-hydrogen) atoms. The molecule has 0 saturated heterocycles. The van der Waals surface area contributed by atoms with E-state index in [2.05, 4.69) is 27.4 Å². The van der Waals surface area contributed by atoms with Crippen molar-refractivity contribution >= 4 is 29.1 Å². The van der Waals surface area contributed by atoms with Gasteiger partial charge in [0.15, 0.2) is 11.4 Å². The Morgan fingerprint density at radius 2 is 2.25 bits per heavy atom. The minimum Gasteiger partial charge on any atom is -0.449 e. The van der Waals surface area contributed by atoms with E-state index in [4.69, 9.17) is 16.3 Å². The largest absolute Gasteiger partial charge is 0.449 e. The molecule has 0 bridgehead atoms. The van der Waals surface area contributed by atoms with Gasteiger partial charge in [0.2, 0.25) is 11.0 Å². The van der Waals surface area contributed by atoms with Crippen LogP contribution in [0.1, 0.15) is 32.6 Å². The molecule has 126 valence electrons. The Hall–Kier alpha value is -1.53. The van der Waals surface area contributed by atoms with Gasteiger partial charge in [-0.15, -0.1) is 10.2 Å². The van der Waals surface area contributed by atoms with Gasteiger partial charge in [-0.25, -0.2) is 0 Å². The third kappa shape index (κ3) is 2.82. The molecule has 1 aromatic heterocycles. The van der Waals surface area contributed by atoms with Crippen molar-refractivity contribution in [2.75, 3.05) is 11.6 Å². The van der Waals surface area contributed by atoms with E-state index in [9.17, 15) is 0 Å². The van der Waals surface area contributed by atoms with Crippen molar-refractivity contribution in [2.24, 2.45) is 5.92 Å². The predicted molar refractivity (Wildman–Crippen MR) is 96.7 cm³/mol. The molecule has 2 heterocycles. The first kappa shape index (κ1) is 16.0. The van der Waals surface area contributed by atoms with Crippen LogP contribution in [0.5, 0.6) is 5.88 Å². The topological polar surface area (TPSA) is 59.9 Å². The summed E-state index contributed by atoms with van der Waals surface area (Å²) >= 11 is 7.67. The zero-order valence-corrected chi connectivity index (χ0v) is 15.2. The molecule has 7 heteroatoms. The van der Waals surface area contributed by atoms with Gasteiger partial charge in [0, 0.05) is 29.1 Å². The van der Waals surface area contributed by atoms with E-state index in [1.54, 1.807) is 0 Å². The molecule has 5 nitrogen and oxygen atoms in total. The second-order valence-electron chi connectivity index (χ2n) is 6.57. The Kier molecular flexibility index (Phi) is 4.04. The molecule has 1 aliphatic heterocycles. The molecular weight excluding hydrogens is 344 g/mol. The Bertz CT molecular complexity index is 787. The Morgan fingerprint density at radius 1 is 1.38 bits per heavy atom. The molecule has 2 aromatic rings. The van der Waals surface area contributed by atoms with Crippen molar-refractivity contribution < 1.29 is 4.74 Å². The van der Waals surface area contributed by atoms with Crippen LogP contribution in [-0.4, -0.2) is 27.2 Å². The van der Waals surface area contributed by atoms with Gasteiger partial charge in [-0.05, 0) is 36.8 Å². The average molecular weight is 363 g/mol. The number of anilines is 1. The normalized spacial score (nSPS) is 25.2. The molecule has 1 spiro atoms. The number of fused-ring (bicyclic) bond motifs is 3. The quantitative estimate of drug-likeness (QED) is 0.746. The highest BCUT2D eigenvalue weighted by Gasteiger charge is 2.41. The second-order valence-corrected chi connectivity index (χ2v) is 7.77. The fourth-order valence-electron chi connectivity index (χ4n) is 3.61. The van der Waals surface area contributed by atoms with Gasteiger partial charge in [0.1, 0.15) is 0 Å². The molecule has 0 radical (unpaired) electrons. The summed E-state index contributed by atoms with van der Waals surface area (Å²) < 4.78 is 6.44. The maximum Gasteiger partial charge on any atom is 0.247 e. The maximum absolute atomic E-state index is 6.44. The van der Waals surface area contributed by atoms with Gasteiger partial charge in [0.05, 0.1) is 0 Å². The number of halogens is 1. The number of rotatable bonds is 1. The van der Waals surface area contributed by atoms with Crippen molar-refractivity contribution in [3.05, 3.63) is 23.2 Å². The lowest BCUT2D eigenvalue weighted by Crippen LogP contribution is -2.47. The van der Waals surface area contributed by atoms with E-state index in [-0.39, 0.29) is 0 Å². The SMILES string of the molecule is CSc1nnc2c(n1)O[C@]1(CCC[C@H](C)C1)Nc1ccc(Cl)cc1-2. The highest BCUT2D eigenvalue weighted by Crippen LogP contribution is 2.45. The Labute approximate surface area is 150 Å². The van der Waals surface area contributed by atoms with Crippen LogP contribution in [-0.2, 0) is 0 Å². The number of aromatic nitrogens is 3. The first-order valence-corrected chi connectivity index (χ1v) is 9.75. The summed E-state index contributed by atoms with van der Waals surface area (Å²) in [4.78, 5) is 4.58. The monoisotopic (exact) mass is 362 g/mol. The fraction of sp³-hybridized carbons (Fsp3) is 0.471. The molecule has 1 fully saturated rings. The molecule has 1 aliphatic carbocycles. The number of benzene rings is 1. The second kappa shape index (κ2) is 6.08. The fourth-order valence-corrected chi connectivity index (χ4v) is 4.08. The van der Waals surface area contributed by atoms with Crippen LogP contribution < -0.4 is 10.1 Å². The molecule has 4 rings (SSSR count). The number of nitrogens with one attached hydrogen (secondary N) is 1. The highest BCUT2D eigenvalue weighted by molar-refractivity contribution is 7.98. The number of hydrogen-bond acceptors (Lipinski definition) is 6. The van der Waals surface area contributed by atoms with Crippen LogP contribution in [0.15, 0.2) is 23.4 Å². The van der Waals surface area contributed by atoms with Gasteiger partial charge < -0.3 is 10.1 Å². The zero-order valence-electron chi connectivity index (χ0n) is 13.7. The lowest BCUT2D eigenvalue weighted by Gasteiger charge is -2.40. The van der Waals surface area contributed by atoms with Crippen molar-refractivity contribution in [1.29, 1.82) is 0 Å². The summed E-state index contributed by atoms with van der Waals surface area (Å²) in [7, 11) is 0. The zero-order chi connectivity index (χ0) is 16.7. The average Bonchev–Trinajstić information content (AvgIpc) is 2.68. The standard InChI is InChI=1S/C17H19ClN4OS/c1-10-4-3-7-17(9-10)20-13-6-5-11(18)8-12(13)14-15(23-17)19-16(24-2)22-21-14/h5-6,8,10,20H,3-4,7,9H2,1-2H3/t10-,17-/m0/s1. The maximum atomic E-state index is 6.44. The van der Waals surface area contributed by atoms with Crippen LogP contribution in [0, 0.1) is 5.92 Å². The minimum absolute atomic E-state index is 0.447. The first-order chi connectivity index (χ1) is 11.6. The summed E-state index contributed by atoms with van der Waals surface area (Å²) in [6, 6.07) is 5.77. The van der Waals surface area contributed by atoms with Crippen LogP contribution in [0.3, 0.4) is 0 Å². The van der Waals surface area contributed by atoms with E-state index in [0.29, 0.717) is 27.7 Å². The van der Waals surface area contributed by atoms with Gasteiger partial charge >= 0.3 is 0 Å². The van der Waals surface area contributed by atoms with Crippen molar-refractivity contribution in [2.45, 2.75) is 43.5 Å². The Balaban J connectivity index is 1.89. The third-order valence-electron chi connectivity index (χ3n) is 4.66. The third-order valence-corrected chi connectivity index (χ3v) is 5.44. The number of hydrogen-bond donors (Lipinski definition) is 1. The number of nitrogens with zero attached hydrogens (tertiary/aromatic N) is 3. The van der Waals surface area contributed by atoms with Gasteiger partial charge in [-0.3, -0.25) is 0 Å². The van der Waals surface area contributed by atoms with Crippen LogP contribution >= 0.6 is 23.4 Å². The smallest absolute Gasteiger partial charge is 0.247 e. The molecule has 1 N–H and O–H groups in total. The highest BCUT2D eigenvalue weighted by atomic mass is 35.5. The molecule has 2 aliphatic rings. The van der Waals surface area contributed by atoms with Crippen molar-refractivity contribution in [3.63, 3.8) is 0 Å². The lowest BCUT2D eigenvalue weighted by atomic mass is 9.84. The van der Waals surface area contributed by atoms with Gasteiger partial charge in [-0.2, -0.15) is 4.98 Å². The Morgan fingerprint density at radius 3 is 3.04 bits per heavy atom. The molecule has 0 amide bonds. The van der Waals surface area contributed by atoms with E-state index < -0.39 is 5.72 Å². The molecule has 1 saturated carbocycles. The van der Waals surface area contributed by atoms with Crippen molar-refractivity contribution in [1.82, 2.24) is 15.2 Å². The summed E-state index contributed by atoms with van der Waals surface area (Å²) in [6.45, 7) is 2.27. The van der Waals surface area contributed by atoms with Crippen LogP contribution in [0.25, 0.3) is 11.3 Å². The van der Waals surface area contributed by atoms with E-state index in [0.717, 1.165) is 30.5 Å². The molecule has 2 atom stereocenters. The van der Waals surface area contributed by atoms with E-state index in [1.807, 2.05) is 24.5 Å². The minimum atomic E-state index is -0.447. The number of ether oxygens (including phenoxy) is 1. The van der Waals surface area contributed by atoms with Crippen molar-refractivity contribution in [3.8, 4) is 17.1 Å². The first-order valence-electron chi connectivity index (χ1n) is 8.14. The summed E-state index contributed by atoms with van der Waals surface area (Å²) in [5.74, 6) is 1.13. The number of thioether (sulfide) groups is 1. The lowest BCUT2D eigenvalue weighted by molar-refractivity contribution is 0.0343. The van der Waals surface area contributed by atoms with Crippen LogP contribution in [0.4, 0.5) is 5.69 Å². The van der Waals surface area contributed by atoms with E-state index >= 15 is 0 Å². The van der Waals surface area contributed by atoms with Crippen LogP contribution in [0.2, 0.25) is 5.02 Å². The summed E-state index contributed by atoms with van der Waals surface area (Å²) in [5, 5.41) is 13.4. The van der Waals surface area contributed by atoms with Gasteiger partial charge in [0.25, 0.3) is 0 Å².